The van der Waals surface area contributed by atoms with Crippen LogP contribution in [0.2, 0.25) is 0 Å². The standard InChI is InChI=1S/C15H22O/c16-15(9-4-2-1-3-5-9)14-12-10-6-7-11(8-10)13(12)14/h9-14H,1-8H2/t10-,11+,12+,13-,14?. The maximum atomic E-state index is 12.5. The van der Waals surface area contributed by atoms with Gasteiger partial charge in [-0.05, 0) is 55.8 Å². The lowest BCUT2D eigenvalue weighted by atomic mass is 9.82. The summed E-state index contributed by atoms with van der Waals surface area (Å²) in [5, 5.41) is 0. The Morgan fingerprint density at radius 3 is 2.06 bits per heavy atom. The Kier molecular flexibility index (Phi) is 2.02. The highest BCUT2D eigenvalue weighted by atomic mass is 16.1. The van der Waals surface area contributed by atoms with Gasteiger partial charge in [-0.1, -0.05) is 19.3 Å². The minimum absolute atomic E-state index is 0.476. The van der Waals surface area contributed by atoms with Gasteiger partial charge in [0, 0.05) is 11.8 Å². The summed E-state index contributed by atoms with van der Waals surface area (Å²) in [6.07, 6.45) is 10.8. The molecule has 1 nitrogen and oxygen atoms in total. The minimum Gasteiger partial charge on any atom is -0.299 e. The van der Waals surface area contributed by atoms with Gasteiger partial charge in [0.1, 0.15) is 5.78 Å². The zero-order valence-electron chi connectivity index (χ0n) is 10.0. The second-order valence-electron chi connectivity index (χ2n) is 6.75. The molecule has 4 aliphatic rings. The van der Waals surface area contributed by atoms with Gasteiger partial charge in [0.05, 0.1) is 0 Å². The molecule has 16 heavy (non-hydrogen) atoms. The third-order valence-electron chi connectivity index (χ3n) is 6.07. The van der Waals surface area contributed by atoms with Gasteiger partial charge in [0.25, 0.3) is 0 Å². The minimum atomic E-state index is 0.476. The van der Waals surface area contributed by atoms with Crippen LogP contribution in [-0.2, 0) is 4.79 Å². The molecule has 4 saturated carbocycles. The van der Waals surface area contributed by atoms with Crippen LogP contribution in [0.5, 0.6) is 0 Å². The van der Waals surface area contributed by atoms with E-state index in [1.807, 2.05) is 0 Å². The SMILES string of the molecule is O=C(C1CCCCC1)C1[C@@H]2[C@H]3CC[C@H](C3)[C@H]12. The van der Waals surface area contributed by atoms with Gasteiger partial charge in [-0.15, -0.1) is 0 Å². The summed E-state index contributed by atoms with van der Waals surface area (Å²) in [6.45, 7) is 0. The fourth-order valence-electron chi connectivity index (χ4n) is 5.36. The molecule has 1 heteroatoms. The number of carbonyl (C=O) groups excluding carboxylic acids is 1. The third kappa shape index (κ3) is 1.21. The molecule has 0 aliphatic heterocycles. The summed E-state index contributed by atoms with van der Waals surface area (Å²) in [5.41, 5.74) is 0. The number of carbonyl (C=O) groups is 1. The topological polar surface area (TPSA) is 17.1 Å². The van der Waals surface area contributed by atoms with Crippen molar-refractivity contribution >= 4 is 5.78 Å². The molecule has 88 valence electrons. The first-order chi connectivity index (χ1) is 7.86. The molecule has 4 fully saturated rings. The van der Waals surface area contributed by atoms with Crippen LogP contribution >= 0.6 is 0 Å². The summed E-state index contributed by atoms with van der Waals surface area (Å²) >= 11 is 0. The van der Waals surface area contributed by atoms with Crippen molar-refractivity contribution in [1.29, 1.82) is 0 Å². The molecule has 0 N–H and O–H groups in total. The van der Waals surface area contributed by atoms with Crippen molar-refractivity contribution in [2.24, 2.45) is 35.5 Å². The predicted molar refractivity (Wildman–Crippen MR) is 62.9 cm³/mol. The molecular formula is C15H22O. The van der Waals surface area contributed by atoms with E-state index < -0.39 is 0 Å². The van der Waals surface area contributed by atoms with Crippen LogP contribution in [0.3, 0.4) is 0 Å². The molecule has 0 amide bonds. The van der Waals surface area contributed by atoms with Crippen molar-refractivity contribution < 1.29 is 4.79 Å². The smallest absolute Gasteiger partial charge is 0.139 e. The molecule has 0 radical (unpaired) electrons. The van der Waals surface area contributed by atoms with E-state index in [-0.39, 0.29) is 0 Å². The third-order valence-corrected chi connectivity index (χ3v) is 6.07. The molecule has 4 aliphatic carbocycles. The van der Waals surface area contributed by atoms with Crippen LogP contribution < -0.4 is 0 Å². The van der Waals surface area contributed by atoms with Gasteiger partial charge >= 0.3 is 0 Å². The second-order valence-corrected chi connectivity index (χ2v) is 6.75. The van der Waals surface area contributed by atoms with E-state index in [1.165, 1.54) is 51.4 Å². The number of hydrogen-bond donors (Lipinski definition) is 0. The van der Waals surface area contributed by atoms with E-state index in [0.29, 0.717) is 17.6 Å². The zero-order chi connectivity index (χ0) is 10.7. The maximum absolute atomic E-state index is 12.5. The van der Waals surface area contributed by atoms with Gasteiger partial charge in [-0.2, -0.15) is 0 Å². The number of Topliss-reactive ketones (excluding diaryl/α,β-unsaturated/α-hetero) is 1. The van der Waals surface area contributed by atoms with E-state index >= 15 is 0 Å². The molecule has 0 saturated heterocycles. The van der Waals surface area contributed by atoms with Crippen molar-refractivity contribution in [2.75, 3.05) is 0 Å². The zero-order valence-corrected chi connectivity index (χ0v) is 10.0. The summed E-state index contributed by atoms with van der Waals surface area (Å²) in [6, 6.07) is 0. The van der Waals surface area contributed by atoms with Gasteiger partial charge in [0.2, 0.25) is 0 Å². The molecular weight excluding hydrogens is 196 g/mol. The van der Waals surface area contributed by atoms with Crippen LogP contribution in [0.25, 0.3) is 0 Å². The van der Waals surface area contributed by atoms with E-state index in [1.54, 1.807) is 0 Å². The molecule has 2 bridgehead atoms. The average Bonchev–Trinajstić information content (AvgIpc) is 2.77. The fraction of sp³-hybridized carbons (Fsp3) is 0.933. The highest BCUT2D eigenvalue weighted by Gasteiger charge is 2.67. The van der Waals surface area contributed by atoms with Crippen molar-refractivity contribution in [3.63, 3.8) is 0 Å². The van der Waals surface area contributed by atoms with E-state index in [9.17, 15) is 4.79 Å². The van der Waals surface area contributed by atoms with Gasteiger partial charge in [0.15, 0.2) is 0 Å². The Morgan fingerprint density at radius 1 is 0.812 bits per heavy atom. The highest BCUT2D eigenvalue weighted by Crippen LogP contribution is 2.70. The lowest BCUT2D eigenvalue weighted by molar-refractivity contribution is -0.126. The van der Waals surface area contributed by atoms with Crippen LogP contribution in [-0.4, -0.2) is 5.78 Å². The van der Waals surface area contributed by atoms with Crippen molar-refractivity contribution in [1.82, 2.24) is 0 Å². The Morgan fingerprint density at radius 2 is 1.44 bits per heavy atom. The second kappa shape index (κ2) is 3.34. The molecule has 0 aromatic rings. The molecule has 0 aromatic carbocycles. The van der Waals surface area contributed by atoms with Crippen LogP contribution in [0.1, 0.15) is 51.4 Å². The number of ketones is 1. The molecule has 5 atom stereocenters. The average molecular weight is 218 g/mol. The molecule has 0 spiro atoms. The lowest BCUT2D eigenvalue weighted by Gasteiger charge is -2.21. The summed E-state index contributed by atoms with van der Waals surface area (Å²) in [5.74, 6) is 5.39. The summed E-state index contributed by atoms with van der Waals surface area (Å²) in [4.78, 5) is 12.5. The lowest BCUT2D eigenvalue weighted by Crippen LogP contribution is -2.22. The van der Waals surface area contributed by atoms with E-state index in [0.717, 1.165) is 23.7 Å². The summed E-state index contributed by atoms with van der Waals surface area (Å²) < 4.78 is 0. The Hall–Kier alpha value is -0.330. The molecule has 1 unspecified atom stereocenters. The van der Waals surface area contributed by atoms with Crippen molar-refractivity contribution in [2.45, 2.75) is 51.4 Å². The van der Waals surface area contributed by atoms with Crippen LogP contribution in [0, 0.1) is 35.5 Å². The van der Waals surface area contributed by atoms with Gasteiger partial charge < -0.3 is 0 Å². The Bertz CT molecular complexity index is 299. The molecule has 4 rings (SSSR count). The van der Waals surface area contributed by atoms with E-state index in [4.69, 9.17) is 0 Å². The molecule has 0 aromatic heterocycles. The maximum Gasteiger partial charge on any atom is 0.139 e. The first-order valence-electron chi connectivity index (χ1n) is 7.40. The number of fused-ring (bicyclic) bond motifs is 5. The Labute approximate surface area is 98.0 Å². The predicted octanol–water partition coefficient (Wildman–Crippen LogP) is 3.43. The quantitative estimate of drug-likeness (QED) is 0.694. The van der Waals surface area contributed by atoms with Crippen LogP contribution in [0.4, 0.5) is 0 Å². The summed E-state index contributed by atoms with van der Waals surface area (Å²) in [7, 11) is 0. The molecule has 0 heterocycles. The number of rotatable bonds is 2. The van der Waals surface area contributed by atoms with Gasteiger partial charge in [-0.3, -0.25) is 4.79 Å². The van der Waals surface area contributed by atoms with Gasteiger partial charge in [-0.25, -0.2) is 0 Å². The Balaban J connectivity index is 1.46. The normalized spacial score (nSPS) is 50.4. The fourth-order valence-corrected chi connectivity index (χ4v) is 5.36. The largest absolute Gasteiger partial charge is 0.299 e. The van der Waals surface area contributed by atoms with Crippen molar-refractivity contribution in [3.05, 3.63) is 0 Å². The number of hydrogen-bond acceptors (Lipinski definition) is 1. The first-order valence-corrected chi connectivity index (χ1v) is 7.40. The van der Waals surface area contributed by atoms with Crippen LogP contribution in [0.15, 0.2) is 0 Å². The first kappa shape index (κ1) is 9.67. The monoisotopic (exact) mass is 218 g/mol. The van der Waals surface area contributed by atoms with Crippen molar-refractivity contribution in [3.8, 4) is 0 Å². The highest BCUT2D eigenvalue weighted by molar-refractivity contribution is 5.87. The van der Waals surface area contributed by atoms with E-state index in [2.05, 4.69) is 0 Å².